The van der Waals surface area contributed by atoms with Gasteiger partial charge >= 0.3 is 0 Å². The van der Waals surface area contributed by atoms with E-state index in [2.05, 4.69) is 28.1 Å². The first-order chi connectivity index (χ1) is 10.2. The fraction of sp³-hybridized carbons (Fsp3) is 0.278. The quantitative estimate of drug-likeness (QED) is 0.808. The highest BCUT2D eigenvalue weighted by Crippen LogP contribution is 2.49. The number of ether oxygens (including phenoxy) is 1. The first-order valence-electron chi connectivity index (χ1n) is 7.07. The van der Waals surface area contributed by atoms with Crippen LogP contribution in [-0.2, 0) is 16.6 Å². The third-order valence-corrected chi connectivity index (χ3v) is 4.99. The smallest absolute Gasteiger partial charge is 0.147 e. The van der Waals surface area contributed by atoms with Gasteiger partial charge in [-0.3, -0.25) is 4.79 Å². The van der Waals surface area contributed by atoms with E-state index in [1.54, 1.807) is 7.11 Å². The molecule has 3 heteroatoms. The largest absolute Gasteiger partial charge is 0.497 e. The molecule has 0 saturated heterocycles. The summed E-state index contributed by atoms with van der Waals surface area (Å²) in [7, 11) is 1.64. The monoisotopic (exact) mass is 344 g/mol. The van der Waals surface area contributed by atoms with Crippen LogP contribution in [0.4, 0.5) is 0 Å². The molecule has 1 fully saturated rings. The van der Waals surface area contributed by atoms with Crippen molar-refractivity contribution in [2.45, 2.75) is 24.7 Å². The minimum atomic E-state index is -0.260. The highest BCUT2D eigenvalue weighted by molar-refractivity contribution is 9.10. The fourth-order valence-corrected chi connectivity index (χ4v) is 3.15. The molecule has 0 amide bonds. The summed E-state index contributed by atoms with van der Waals surface area (Å²) in [5.41, 5.74) is 1.87. The maximum Gasteiger partial charge on any atom is 0.147 e. The first kappa shape index (κ1) is 14.3. The molecule has 2 nitrogen and oxygen atoms in total. The van der Waals surface area contributed by atoms with Gasteiger partial charge in [0.05, 0.1) is 12.5 Å². The van der Waals surface area contributed by atoms with Crippen LogP contribution in [-0.4, -0.2) is 12.9 Å². The molecule has 0 atom stereocenters. The Morgan fingerprint density at radius 3 is 2.52 bits per heavy atom. The van der Waals surface area contributed by atoms with Gasteiger partial charge in [-0.2, -0.15) is 0 Å². The number of rotatable bonds is 5. The lowest BCUT2D eigenvalue weighted by Crippen LogP contribution is -2.22. The van der Waals surface area contributed by atoms with Crippen molar-refractivity contribution in [3.8, 4) is 5.75 Å². The van der Waals surface area contributed by atoms with E-state index in [4.69, 9.17) is 4.74 Å². The van der Waals surface area contributed by atoms with E-state index in [0.29, 0.717) is 12.2 Å². The van der Waals surface area contributed by atoms with Gasteiger partial charge < -0.3 is 4.74 Å². The Morgan fingerprint density at radius 2 is 1.90 bits per heavy atom. The van der Waals surface area contributed by atoms with Crippen LogP contribution in [0.15, 0.2) is 53.0 Å². The van der Waals surface area contributed by atoms with Crippen molar-refractivity contribution >= 4 is 21.7 Å². The van der Waals surface area contributed by atoms with E-state index in [1.165, 1.54) is 0 Å². The molecule has 21 heavy (non-hydrogen) atoms. The molecule has 0 radical (unpaired) electrons. The molecule has 1 aliphatic carbocycles. The number of halogens is 1. The van der Waals surface area contributed by atoms with Crippen molar-refractivity contribution in [1.29, 1.82) is 0 Å². The van der Waals surface area contributed by atoms with Gasteiger partial charge in [-0.15, -0.1) is 0 Å². The van der Waals surface area contributed by atoms with E-state index in [9.17, 15) is 4.79 Å². The van der Waals surface area contributed by atoms with Crippen molar-refractivity contribution in [2.75, 3.05) is 7.11 Å². The second kappa shape index (κ2) is 5.64. The van der Waals surface area contributed by atoms with Gasteiger partial charge in [-0.05, 0) is 42.2 Å². The number of hydrogen-bond acceptors (Lipinski definition) is 2. The normalized spacial score (nSPS) is 15.5. The summed E-state index contributed by atoms with van der Waals surface area (Å²) in [6.45, 7) is 0. The Morgan fingerprint density at radius 1 is 1.19 bits per heavy atom. The highest BCUT2D eigenvalue weighted by atomic mass is 79.9. The molecule has 0 unspecified atom stereocenters. The van der Waals surface area contributed by atoms with E-state index in [-0.39, 0.29) is 5.41 Å². The Labute approximate surface area is 133 Å². The summed E-state index contributed by atoms with van der Waals surface area (Å²) in [5, 5.41) is 0. The van der Waals surface area contributed by atoms with Crippen LogP contribution < -0.4 is 4.74 Å². The fourth-order valence-electron chi connectivity index (χ4n) is 2.77. The van der Waals surface area contributed by atoms with Crippen LogP contribution in [0.2, 0.25) is 0 Å². The summed E-state index contributed by atoms with van der Waals surface area (Å²) >= 11 is 3.52. The molecule has 2 aromatic carbocycles. The van der Waals surface area contributed by atoms with Crippen molar-refractivity contribution in [1.82, 2.24) is 0 Å². The van der Waals surface area contributed by atoms with Crippen LogP contribution in [0.5, 0.6) is 5.75 Å². The Kier molecular flexibility index (Phi) is 3.85. The van der Waals surface area contributed by atoms with Gasteiger partial charge in [0.1, 0.15) is 11.5 Å². The molecule has 3 rings (SSSR count). The molecular formula is C18H17BrO2. The first-order valence-corrected chi connectivity index (χ1v) is 7.86. The minimum Gasteiger partial charge on any atom is -0.497 e. The van der Waals surface area contributed by atoms with Crippen molar-refractivity contribution < 1.29 is 9.53 Å². The molecule has 0 aliphatic heterocycles. The topological polar surface area (TPSA) is 26.3 Å². The molecule has 2 aromatic rings. The molecule has 108 valence electrons. The van der Waals surface area contributed by atoms with Gasteiger partial charge in [0.15, 0.2) is 0 Å². The maximum absolute atomic E-state index is 12.8. The van der Waals surface area contributed by atoms with E-state index < -0.39 is 0 Å². The predicted octanol–water partition coefficient (Wildman–Crippen LogP) is 4.30. The lowest BCUT2D eigenvalue weighted by Gasteiger charge is -2.15. The Hall–Kier alpha value is -1.61. The molecule has 1 saturated carbocycles. The van der Waals surface area contributed by atoms with Gasteiger partial charge in [-0.25, -0.2) is 0 Å². The van der Waals surface area contributed by atoms with E-state index >= 15 is 0 Å². The molecule has 1 aliphatic rings. The SMILES string of the molecule is COc1ccc(Br)c(CC(=O)C2(c3ccccc3)CC2)c1. The average Bonchev–Trinajstić information content (AvgIpc) is 3.32. The molecule has 0 bridgehead atoms. The van der Waals surface area contributed by atoms with E-state index in [1.807, 2.05) is 36.4 Å². The van der Waals surface area contributed by atoms with Crippen LogP contribution in [0.3, 0.4) is 0 Å². The minimum absolute atomic E-state index is 0.260. The molecule has 0 spiro atoms. The maximum atomic E-state index is 12.8. The molecule has 0 N–H and O–H groups in total. The molecular weight excluding hydrogens is 328 g/mol. The van der Waals surface area contributed by atoms with Crippen LogP contribution in [0, 0.1) is 0 Å². The zero-order valence-corrected chi connectivity index (χ0v) is 13.5. The Balaban J connectivity index is 1.84. The van der Waals surface area contributed by atoms with Gasteiger partial charge in [0.25, 0.3) is 0 Å². The second-order valence-electron chi connectivity index (χ2n) is 5.51. The van der Waals surface area contributed by atoms with Crippen molar-refractivity contribution in [3.63, 3.8) is 0 Å². The third-order valence-electron chi connectivity index (χ3n) is 4.21. The van der Waals surface area contributed by atoms with Gasteiger partial charge in [0, 0.05) is 10.9 Å². The van der Waals surface area contributed by atoms with Crippen LogP contribution in [0.25, 0.3) is 0 Å². The lowest BCUT2D eigenvalue weighted by atomic mass is 9.88. The summed E-state index contributed by atoms with van der Waals surface area (Å²) < 4.78 is 6.20. The highest BCUT2D eigenvalue weighted by Gasteiger charge is 2.50. The zero-order valence-electron chi connectivity index (χ0n) is 11.9. The summed E-state index contributed by atoms with van der Waals surface area (Å²) in [5.74, 6) is 1.08. The molecule has 0 heterocycles. The number of carbonyl (C=O) groups is 1. The number of methoxy groups -OCH3 is 1. The van der Waals surface area contributed by atoms with Crippen LogP contribution >= 0.6 is 15.9 Å². The van der Waals surface area contributed by atoms with Crippen molar-refractivity contribution in [3.05, 3.63) is 64.1 Å². The van der Waals surface area contributed by atoms with Gasteiger partial charge in [0.2, 0.25) is 0 Å². The third kappa shape index (κ3) is 2.75. The summed E-state index contributed by atoms with van der Waals surface area (Å²) in [6, 6.07) is 15.9. The number of carbonyl (C=O) groups excluding carboxylic acids is 1. The standard InChI is InChI=1S/C18H17BrO2/c1-21-15-7-8-16(19)13(11-15)12-17(20)18(9-10-18)14-5-3-2-4-6-14/h2-8,11H,9-10,12H2,1H3. The second-order valence-corrected chi connectivity index (χ2v) is 6.36. The van der Waals surface area contributed by atoms with Crippen molar-refractivity contribution in [2.24, 2.45) is 0 Å². The molecule has 0 aromatic heterocycles. The summed E-state index contributed by atoms with van der Waals surface area (Å²) in [6.07, 6.45) is 2.35. The van der Waals surface area contributed by atoms with Gasteiger partial charge in [-0.1, -0.05) is 46.3 Å². The number of Topliss-reactive ketones (excluding diaryl/α,β-unsaturated/α-hetero) is 1. The predicted molar refractivity (Wildman–Crippen MR) is 86.8 cm³/mol. The Bertz CT molecular complexity index is 660. The number of ketones is 1. The average molecular weight is 345 g/mol. The van der Waals surface area contributed by atoms with Crippen LogP contribution in [0.1, 0.15) is 24.0 Å². The summed E-state index contributed by atoms with van der Waals surface area (Å²) in [4.78, 5) is 12.8. The number of benzene rings is 2. The zero-order chi connectivity index (χ0) is 14.9. The lowest BCUT2D eigenvalue weighted by molar-refractivity contribution is -0.120. The number of hydrogen-bond donors (Lipinski definition) is 0. The van der Waals surface area contributed by atoms with E-state index in [0.717, 1.165) is 34.2 Å².